The molecule has 9 heteroatoms. The molecule has 1 aromatic rings. The third-order valence-corrected chi connectivity index (χ3v) is 4.81. The van der Waals surface area contributed by atoms with E-state index < -0.39 is 0 Å². The number of hydrogen-bond donors (Lipinski definition) is 1. The van der Waals surface area contributed by atoms with Gasteiger partial charge < -0.3 is 20.1 Å². The first-order chi connectivity index (χ1) is 11.6. The minimum absolute atomic E-state index is 0. The van der Waals surface area contributed by atoms with E-state index in [0.717, 1.165) is 6.54 Å². The molecule has 2 heterocycles. The Morgan fingerprint density at radius 1 is 1.31 bits per heavy atom. The number of likely N-dealkylation sites (N-methyl/N-ethyl adjacent to an activating group) is 1. The van der Waals surface area contributed by atoms with Crippen molar-refractivity contribution < 1.29 is 14.3 Å². The number of hydrogen-bond acceptors (Lipinski definition) is 5. The summed E-state index contributed by atoms with van der Waals surface area (Å²) in [6.07, 6.45) is 0. The molecule has 2 N–H and O–H groups in total. The summed E-state index contributed by atoms with van der Waals surface area (Å²) in [5.41, 5.74) is 6.01. The molecule has 1 amide bonds. The first-order valence-electron chi connectivity index (χ1n) is 8.28. The van der Waals surface area contributed by atoms with E-state index in [2.05, 4.69) is 11.9 Å². The van der Waals surface area contributed by atoms with Crippen LogP contribution < -0.4 is 10.5 Å². The predicted octanol–water partition coefficient (Wildman–Crippen LogP) is 1.92. The average molecular weight is 427 g/mol. The van der Waals surface area contributed by atoms with E-state index in [0.29, 0.717) is 61.7 Å². The molecule has 148 valence electrons. The van der Waals surface area contributed by atoms with Crippen molar-refractivity contribution in [2.75, 3.05) is 53.0 Å². The summed E-state index contributed by atoms with van der Waals surface area (Å²) in [6.45, 7) is 4.38. The minimum atomic E-state index is -0.0447. The number of amides is 1. The Bertz CT molecular complexity index is 606. The number of nitrogens with two attached hydrogens (primary N) is 1. The highest BCUT2D eigenvalue weighted by Gasteiger charge is 2.34. The first kappa shape index (κ1) is 23.3. The Morgan fingerprint density at radius 3 is 2.81 bits per heavy atom. The number of carbonyl (C=O) groups excluding carboxylic acids is 1. The standard InChI is InChI=1S/C17H24ClN3O3.2ClH/c1-20-7-12-8-21(9-14(20)11-23-10-12)17(22)15-6-13(18)2-3-16(15)24-5-4-19;;/h2-3,6,12,14H,4-5,7-11,19H2,1H3;2*1H/t12-,14+;;/m1../s1. The molecular formula is C17H26Cl3N3O3. The molecule has 2 aliphatic heterocycles. The van der Waals surface area contributed by atoms with Crippen molar-refractivity contribution in [1.82, 2.24) is 9.80 Å². The van der Waals surface area contributed by atoms with Crippen molar-refractivity contribution in [3.8, 4) is 5.75 Å². The van der Waals surface area contributed by atoms with Gasteiger partial charge in [0.25, 0.3) is 5.91 Å². The molecule has 2 atom stereocenters. The molecule has 1 aromatic carbocycles. The normalized spacial score (nSPS) is 22.7. The van der Waals surface area contributed by atoms with Crippen LogP contribution in [-0.4, -0.2) is 74.8 Å². The number of rotatable bonds is 4. The van der Waals surface area contributed by atoms with Crippen molar-refractivity contribution in [3.05, 3.63) is 28.8 Å². The lowest BCUT2D eigenvalue weighted by Gasteiger charge is -2.30. The molecule has 0 unspecified atom stereocenters. The van der Waals surface area contributed by atoms with Gasteiger partial charge in [0, 0.05) is 37.1 Å². The average Bonchev–Trinajstić information content (AvgIpc) is 2.81. The van der Waals surface area contributed by atoms with E-state index in [1.807, 2.05) is 4.90 Å². The molecule has 2 fully saturated rings. The second kappa shape index (κ2) is 10.5. The van der Waals surface area contributed by atoms with Gasteiger partial charge in [0.1, 0.15) is 12.4 Å². The molecule has 0 aromatic heterocycles. The number of benzene rings is 1. The summed E-state index contributed by atoms with van der Waals surface area (Å²) in [7, 11) is 2.09. The summed E-state index contributed by atoms with van der Waals surface area (Å²) in [4.78, 5) is 17.3. The van der Waals surface area contributed by atoms with Crippen LogP contribution in [-0.2, 0) is 4.74 Å². The van der Waals surface area contributed by atoms with Crippen LogP contribution in [0.2, 0.25) is 5.02 Å². The molecule has 2 bridgehead atoms. The lowest BCUT2D eigenvalue weighted by Crippen LogP contribution is -2.44. The smallest absolute Gasteiger partial charge is 0.257 e. The lowest BCUT2D eigenvalue weighted by molar-refractivity contribution is 0.0431. The molecule has 0 aliphatic carbocycles. The third-order valence-electron chi connectivity index (χ3n) is 4.58. The number of fused-ring (bicyclic) bond motifs is 3. The highest BCUT2D eigenvalue weighted by atomic mass is 35.5. The Balaban J connectivity index is 0.00000169. The summed E-state index contributed by atoms with van der Waals surface area (Å²) in [5, 5.41) is 0.522. The van der Waals surface area contributed by atoms with Crippen LogP contribution >= 0.6 is 36.4 Å². The van der Waals surface area contributed by atoms with Gasteiger partial charge in [-0.1, -0.05) is 11.6 Å². The molecule has 0 radical (unpaired) electrons. The van der Waals surface area contributed by atoms with Crippen molar-refractivity contribution in [3.63, 3.8) is 0 Å². The van der Waals surface area contributed by atoms with Gasteiger partial charge in [0.05, 0.1) is 24.8 Å². The second-order valence-corrected chi connectivity index (χ2v) is 6.92. The maximum atomic E-state index is 13.1. The van der Waals surface area contributed by atoms with E-state index >= 15 is 0 Å². The van der Waals surface area contributed by atoms with Gasteiger partial charge in [-0.15, -0.1) is 24.8 Å². The van der Waals surface area contributed by atoms with Crippen LogP contribution in [0.3, 0.4) is 0 Å². The SMILES string of the molecule is CN1C[C@H]2COC[C@@H]1CN(C(=O)c1cc(Cl)ccc1OCCN)C2.Cl.Cl. The molecule has 3 rings (SSSR count). The van der Waals surface area contributed by atoms with Crippen LogP contribution in [0.25, 0.3) is 0 Å². The molecule has 2 aliphatic rings. The number of halogens is 3. The summed E-state index contributed by atoms with van der Waals surface area (Å²) < 4.78 is 11.4. The van der Waals surface area contributed by atoms with Crippen LogP contribution in [0.1, 0.15) is 10.4 Å². The number of ether oxygens (including phenoxy) is 2. The quantitative estimate of drug-likeness (QED) is 0.797. The van der Waals surface area contributed by atoms with Gasteiger partial charge in [-0.2, -0.15) is 0 Å². The lowest BCUT2D eigenvalue weighted by atomic mass is 10.1. The van der Waals surface area contributed by atoms with Crippen molar-refractivity contribution in [1.29, 1.82) is 0 Å². The van der Waals surface area contributed by atoms with Crippen LogP contribution in [0.15, 0.2) is 18.2 Å². The maximum Gasteiger partial charge on any atom is 0.257 e. The topological polar surface area (TPSA) is 68.0 Å². The fourth-order valence-corrected chi connectivity index (χ4v) is 3.52. The van der Waals surface area contributed by atoms with Gasteiger partial charge in [0.2, 0.25) is 0 Å². The molecule has 0 saturated carbocycles. The van der Waals surface area contributed by atoms with E-state index in [4.69, 9.17) is 26.8 Å². The Kier molecular flexibility index (Phi) is 9.44. The highest BCUT2D eigenvalue weighted by Crippen LogP contribution is 2.27. The number of carbonyl (C=O) groups is 1. The molecular weight excluding hydrogens is 401 g/mol. The van der Waals surface area contributed by atoms with Crippen molar-refractivity contribution >= 4 is 42.3 Å². The minimum Gasteiger partial charge on any atom is -0.491 e. The summed E-state index contributed by atoms with van der Waals surface area (Å²) in [5.74, 6) is 0.810. The zero-order chi connectivity index (χ0) is 17.1. The van der Waals surface area contributed by atoms with Gasteiger partial charge in [-0.25, -0.2) is 0 Å². The van der Waals surface area contributed by atoms with E-state index in [9.17, 15) is 4.79 Å². The predicted molar refractivity (Wildman–Crippen MR) is 107 cm³/mol. The van der Waals surface area contributed by atoms with Crippen LogP contribution in [0, 0.1) is 5.92 Å². The third kappa shape index (κ3) is 5.38. The van der Waals surface area contributed by atoms with Crippen molar-refractivity contribution in [2.45, 2.75) is 6.04 Å². The Morgan fingerprint density at radius 2 is 2.08 bits per heavy atom. The highest BCUT2D eigenvalue weighted by molar-refractivity contribution is 6.31. The monoisotopic (exact) mass is 425 g/mol. The number of nitrogens with zero attached hydrogens (tertiary/aromatic N) is 2. The van der Waals surface area contributed by atoms with E-state index in [1.54, 1.807) is 18.2 Å². The zero-order valence-electron chi connectivity index (χ0n) is 14.7. The molecule has 0 spiro atoms. The second-order valence-electron chi connectivity index (χ2n) is 6.48. The van der Waals surface area contributed by atoms with Crippen molar-refractivity contribution in [2.24, 2.45) is 11.7 Å². The first-order valence-corrected chi connectivity index (χ1v) is 8.66. The van der Waals surface area contributed by atoms with Crippen LogP contribution in [0.4, 0.5) is 0 Å². The maximum absolute atomic E-state index is 13.1. The summed E-state index contributed by atoms with van der Waals surface area (Å²) >= 11 is 6.11. The van der Waals surface area contributed by atoms with E-state index in [1.165, 1.54) is 0 Å². The Labute approximate surface area is 171 Å². The fraction of sp³-hybridized carbons (Fsp3) is 0.588. The largest absolute Gasteiger partial charge is 0.491 e. The molecule has 2 saturated heterocycles. The van der Waals surface area contributed by atoms with Crippen LogP contribution in [0.5, 0.6) is 5.75 Å². The summed E-state index contributed by atoms with van der Waals surface area (Å²) in [6, 6.07) is 5.35. The van der Waals surface area contributed by atoms with E-state index in [-0.39, 0.29) is 36.8 Å². The van der Waals surface area contributed by atoms with Gasteiger partial charge in [-0.3, -0.25) is 9.69 Å². The van der Waals surface area contributed by atoms with Gasteiger partial charge >= 0.3 is 0 Å². The molecule has 26 heavy (non-hydrogen) atoms. The molecule has 6 nitrogen and oxygen atoms in total. The van der Waals surface area contributed by atoms with Gasteiger partial charge in [-0.05, 0) is 25.2 Å². The van der Waals surface area contributed by atoms with Gasteiger partial charge in [0.15, 0.2) is 0 Å². The fourth-order valence-electron chi connectivity index (χ4n) is 3.35. The Hall–Kier alpha value is -0.760. The zero-order valence-corrected chi connectivity index (χ0v) is 17.1.